The molecule has 6 heteroatoms. The fraction of sp³-hybridized carbons (Fsp3) is 0.176. The maximum absolute atomic E-state index is 6.32. The molecular weight excluding hydrogens is 694 g/mol. The maximum atomic E-state index is 6.32. The Kier molecular flexibility index (Phi) is 7.90. The van der Waals surface area contributed by atoms with Crippen LogP contribution in [-0.2, 0) is 26.5 Å². The van der Waals surface area contributed by atoms with E-state index < -0.39 is 0 Å². The monoisotopic (exact) mass is 723 g/mol. The first-order chi connectivity index (χ1) is 18.8. The zero-order valence-electron chi connectivity index (χ0n) is 23.1. The number of anilines is 2. The Morgan fingerprint density at radius 1 is 0.850 bits per heavy atom. The molecule has 2 aromatic heterocycles. The normalized spacial score (nSPS) is 13.6. The molecule has 0 aliphatic carbocycles. The number of hydrogen-bond acceptors (Lipinski definition) is 5. The molecule has 0 bridgehead atoms. The number of para-hydroxylation sites is 1. The number of aromatic nitrogens is 1. The molecule has 40 heavy (non-hydrogen) atoms. The van der Waals surface area contributed by atoms with Gasteiger partial charge in [0.05, 0.1) is 0 Å². The molecule has 0 fully saturated rings. The van der Waals surface area contributed by atoms with E-state index >= 15 is 0 Å². The number of rotatable bonds is 5. The summed E-state index contributed by atoms with van der Waals surface area (Å²) >= 11 is 1.58. The third kappa shape index (κ3) is 5.46. The van der Waals surface area contributed by atoms with Gasteiger partial charge in [-0.05, 0) is 49.1 Å². The van der Waals surface area contributed by atoms with Crippen molar-refractivity contribution in [3.8, 4) is 22.1 Å². The average molecular weight is 724 g/mol. The number of ether oxygens (including phenoxy) is 1. The van der Waals surface area contributed by atoms with E-state index in [9.17, 15) is 0 Å². The SMILES string of the molecule is CC1=C(C)N(c2ccccc2)[CH-]N1c1[c-]c(Oc2[c-]c3c(-c4cc(C(C)(C)C)ccn4)cccc3s2)ccc1.[Pt]. The number of pyridine rings is 1. The van der Waals surface area contributed by atoms with Crippen molar-refractivity contribution in [3.05, 3.63) is 121 Å². The molecule has 3 heterocycles. The van der Waals surface area contributed by atoms with Crippen LogP contribution in [0.1, 0.15) is 40.2 Å². The summed E-state index contributed by atoms with van der Waals surface area (Å²) in [6, 6.07) is 33.9. The van der Waals surface area contributed by atoms with E-state index in [-0.39, 0.29) is 26.5 Å². The summed E-state index contributed by atoms with van der Waals surface area (Å²) in [5.74, 6) is 0.654. The number of hydrogen-bond donors (Lipinski definition) is 0. The first-order valence-electron chi connectivity index (χ1n) is 13.1. The van der Waals surface area contributed by atoms with Crippen LogP contribution in [0.4, 0.5) is 11.4 Å². The Labute approximate surface area is 255 Å². The van der Waals surface area contributed by atoms with E-state index in [1.165, 1.54) is 11.3 Å². The Morgan fingerprint density at radius 3 is 2.38 bits per heavy atom. The van der Waals surface area contributed by atoms with Gasteiger partial charge in [-0.3, -0.25) is 4.98 Å². The van der Waals surface area contributed by atoms with E-state index in [2.05, 4.69) is 129 Å². The number of allylic oxidation sites excluding steroid dienone is 2. The van der Waals surface area contributed by atoms with Crippen molar-refractivity contribution < 1.29 is 25.8 Å². The van der Waals surface area contributed by atoms with Crippen molar-refractivity contribution in [1.29, 1.82) is 0 Å². The summed E-state index contributed by atoms with van der Waals surface area (Å²) in [5, 5.41) is 1.73. The second-order valence-electron chi connectivity index (χ2n) is 10.7. The Bertz CT molecular complexity index is 1690. The molecule has 0 spiro atoms. The number of benzene rings is 3. The van der Waals surface area contributed by atoms with E-state index in [0.717, 1.165) is 38.4 Å². The molecule has 5 aromatic rings. The molecular formula is C34H30N3OPtS-3. The molecule has 206 valence electrons. The second-order valence-corrected chi connectivity index (χ2v) is 11.8. The molecule has 0 saturated heterocycles. The molecule has 0 saturated carbocycles. The summed E-state index contributed by atoms with van der Waals surface area (Å²) in [7, 11) is 0. The number of nitrogens with zero attached hydrogens (tertiary/aromatic N) is 3. The Balaban J connectivity index is 0.00000323. The number of thiophene rings is 1. The molecule has 0 N–H and O–H groups in total. The molecule has 0 unspecified atom stereocenters. The van der Waals surface area contributed by atoms with Crippen LogP contribution in [0.3, 0.4) is 0 Å². The van der Waals surface area contributed by atoms with Gasteiger partial charge in [0, 0.05) is 55.8 Å². The van der Waals surface area contributed by atoms with E-state index in [1.807, 2.05) is 24.4 Å². The minimum Gasteiger partial charge on any atom is -0.497 e. The maximum Gasteiger partial charge on any atom is 0.107 e. The molecule has 1 aliphatic rings. The average Bonchev–Trinajstić information content (AvgIpc) is 3.48. The summed E-state index contributed by atoms with van der Waals surface area (Å²) in [5.41, 5.74) is 7.70. The van der Waals surface area contributed by atoms with Gasteiger partial charge in [-0.15, -0.1) is 54.3 Å². The van der Waals surface area contributed by atoms with Crippen LogP contribution in [0.5, 0.6) is 10.8 Å². The van der Waals surface area contributed by atoms with Crippen molar-refractivity contribution in [1.82, 2.24) is 4.98 Å². The van der Waals surface area contributed by atoms with Crippen molar-refractivity contribution in [3.63, 3.8) is 0 Å². The van der Waals surface area contributed by atoms with Crippen LogP contribution in [-0.4, -0.2) is 4.98 Å². The van der Waals surface area contributed by atoms with Crippen LogP contribution < -0.4 is 14.5 Å². The van der Waals surface area contributed by atoms with Gasteiger partial charge in [-0.2, -0.15) is 22.8 Å². The molecule has 4 nitrogen and oxygen atoms in total. The van der Waals surface area contributed by atoms with Crippen molar-refractivity contribution in [2.24, 2.45) is 0 Å². The Morgan fingerprint density at radius 2 is 1.60 bits per heavy atom. The van der Waals surface area contributed by atoms with Gasteiger partial charge < -0.3 is 14.5 Å². The van der Waals surface area contributed by atoms with Gasteiger partial charge in [0.15, 0.2) is 0 Å². The van der Waals surface area contributed by atoms with Crippen molar-refractivity contribution in [2.45, 2.75) is 40.0 Å². The van der Waals surface area contributed by atoms with Crippen molar-refractivity contribution >= 4 is 32.8 Å². The molecule has 3 aromatic carbocycles. The predicted molar refractivity (Wildman–Crippen MR) is 162 cm³/mol. The van der Waals surface area contributed by atoms with E-state index in [0.29, 0.717) is 10.8 Å². The minimum atomic E-state index is 0. The number of fused-ring (bicyclic) bond motifs is 1. The third-order valence-electron chi connectivity index (χ3n) is 7.08. The van der Waals surface area contributed by atoms with Gasteiger partial charge >= 0.3 is 0 Å². The smallest absolute Gasteiger partial charge is 0.107 e. The molecule has 0 amide bonds. The molecule has 1 aliphatic heterocycles. The van der Waals surface area contributed by atoms with Crippen molar-refractivity contribution in [2.75, 3.05) is 9.80 Å². The zero-order valence-corrected chi connectivity index (χ0v) is 26.2. The summed E-state index contributed by atoms with van der Waals surface area (Å²) in [4.78, 5) is 9.03. The first-order valence-corrected chi connectivity index (χ1v) is 13.9. The van der Waals surface area contributed by atoms with E-state index in [1.54, 1.807) is 11.3 Å². The molecule has 6 rings (SSSR count). The van der Waals surface area contributed by atoms with Gasteiger partial charge in [0.2, 0.25) is 0 Å². The van der Waals surface area contributed by atoms with Gasteiger partial charge in [0.25, 0.3) is 0 Å². The van der Waals surface area contributed by atoms with Crippen LogP contribution in [0.25, 0.3) is 21.3 Å². The fourth-order valence-corrected chi connectivity index (χ4v) is 5.64. The quantitative estimate of drug-likeness (QED) is 0.169. The molecule has 0 atom stereocenters. The van der Waals surface area contributed by atoms with Crippen LogP contribution in [0.15, 0.2) is 96.5 Å². The summed E-state index contributed by atoms with van der Waals surface area (Å²) < 4.78 is 7.44. The fourth-order valence-electron chi connectivity index (χ4n) is 4.74. The first kappa shape index (κ1) is 28.1. The van der Waals surface area contributed by atoms with Gasteiger partial charge in [-0.1, -0.05) is 49.7 Å². The van der Waals surface area contributed by atoms with Gasteiger partial charge in [-0.25, -0.2) is 0 Å². The summed E-state index contributed by atoms with van der Waals surface area (Å²) in [6.45, 7) is 13.0. The molecule has 0 radical (unpaired) electrons. The topological polar surface area (TPSA) is 28.6 Å². The van der Waals surface area contributed by atoms with Crippen LogP contribution in [0, 0.1) is 18.8 Å². The Hall–Kier alpha value is -3.40. The second kappa shape index (κ2) is 11.2. The summed E-state index contributed by atoms with van der Waals surface area (Å²) in [6.07, 6.45) is 1.89. The third-order valence-corrected chi connectivity index (χ3v) is 8.02. The van der Waals surface area contributed by atoms with E-state index in [4.69, 9.17) is 4.74 Å². The van der Waals surface area contributed by atoms with Crippen LogP contribution in [0.2, 0.25) is 0 Å². The minimum absolute atomic E-state index is 0. The predicted octanol–water partition coefficient (Wildman–Crippen LogP) is 9.35. The standard InChI is InChI=1S/C34H30N3OS.Pt/c1-23-24(2)37(22-36(23)26-11-7-6-8-12-26)27-13-9-14-28(20-27)38-33-21-30-29(15-10-16-32(30)39-33)31-19-25(17-18-35-31)34(3,4)5;/h6-19,22H,1-5H3;/q-3;. The van der Waals surface area contributed by atoms with Crippen LogP contribution >= 0.6 is 11.3 Å². The van der Waals surface area contributed by atoms with Gasteiger partial charge in [0.1, 0.15) is 5.06 Å². The zero-order chi connectivity index (χ0) is 27.1. The largest absolute Gasteiger partial charge is 0.497 e.